The Kier molecular flexibility index (Phi) is 5.89. The number of hydrogen-bond donors (Lipinski definition) is 1. The predicted octanol–water partition coefficient (Wildman–Crippen LogP) is 2.90. The summed E-state index contributed by atoms with van der Waals surface area (Å²) in [6.07, 6.45) is -3.57. The van der Waals surface area contributed by atoms with Gasteiger partial charge in [0.2, 0.25) is 0 Å². The number of amides is 1. The second-order valence-electron chi connectivity index (χ2n) is 5.47. The van der Waals surface area contributed by atoms with Crippen LogP contribution in [0.15, 0.2) is 53.4 Å². The zero-order valence-electron chi connectivity index (χ0n) is 13.9. The number of carbonyl (C=O) groups excluding carboxylic acids is 2. The van der Waals surface area contributed by atoms with Gasteiger partial charge in [-0.25, -0.2) is 13.2 Å². The topological polar surface area (TPSA) is 89.5 Å². The fourth-order valence-corrected chi connectivity index (χ4v) is 2.98. The molecule has 1 amide bonds. The van der Waals surface area contributed by atoms with Crippen LogP contribution in [0.3, 0.4) is 0 Å². The molecule has 0 saturated carbocycles. The van der Waals surface area contributed by atoms with E-state index in [1.165, 1.54) is 24.3 Å². The Morgan fingerprint density at radius 1 is 1.04 bits per heavy atom. The first-order valence-electron chi connectivity index (χ1n) is 7.42. The van der Waals surface area contributed by atoms with Crippen molar-refractivity contribution in [3.8, 4) is 0 Å². The van der Waals surface area contributed by atoms with Crippen LogP contribution in [-0.2, 0) is 25.5 Å². The van der Waals surface area contributed by atoms with Crippen molar-refractivity contribution in [1.29, 1.82) is 0 Å². The highest BCUT2D eigenvalue weighted by atomic mass is 32.2. The molecule has 0 radical (unpaired) electrons. The molecule has 0 unspecified atom stereocenters. The van der Waals surface area contributed by atoms with Crippen molar-refractivity contribution >= 4 is 27.4 Å². The van der Waals surface area contributed by atoms with Gasteiger partial charge in [-0.1, -0.05) is 12.1 Å². The summed E-state index contributed by atoms with van der Waals surface area (Å²) in [5, 5.41) is 2.27. The number of esters is 1. The van der Waals surface area contributed by atoms with Crippen LogP contribution < -0.4 is 5.32 Å². The summed E-state index contributed by atoms with van der Waals surface area (Å²) in [6.45, 7) is -0.738. The van der Waals surface area contributed by atoms with E-state index in [1.54, 1.807) is 0 Å². The second-order valence-corrected chi connectivity index (χ2v) is 7.45. The minimum absolute atomic E-state index is 0.0839. The van der Waals surface area contributed by atoms with Crippen molar-refractivity contribution in [3.63, 3.8) is 0 Å². The predicted molar refractivity (Wildman–Crippen MR) is 89.9 cm³/mol. The van der Waals surface area contributed by atoms with Gasteiger partial charge >= 0.3 is 12.1 Å². The summed E-state index contributed by atoms with van der Waals surface area (Å²) in [6, 6.07) is 9.05. The van der Waals surface area contributed by atoms with Gasteiger partial charge in [-0.2, -0.15) is 13.2 Å². The molecule has 0 aliphatic carbocycles. The molecule has 0 bridgehead atoms. The smallest absolute Gasteiger partial charge is 0.416 e. The van der Waals surface area contributed by atoms with Crippen LogP contribution in [0.4, 0.5) is 18.9 Å². The Morgan fingerprint density at radius 2 is 1.63 bits per heavy atom. The normalized spacial score (nSPS) is 11.7. The molecular formula is C17H14F3NO5S. The number of hydrogen-bond acceptors (Lipinski definition) is 5. The maximum atomic E-state index is 12.5. The fourth-order valence-electron chi connectivity index (χ4n) is 2.11. The number of anilines is 1. The van der Waals surface area contributed by atoms with Gasteiger partial charge in [-0.15, -0.1) is 0 Å². The number of ether oxygens (including phenoxy) is 1. The molecule has 0 heterocycles. The van der Waals surface area contributed by atoms with Crippen molar-refractivity contribution in [2.24, 2.45) is 0 Å². The first-order valence-corrected chi connectivity index (χ1v) is 9.31. The Balaban J connectivity index is 1.99. The molecule has 0 aliphatic heterocycles. The van der Waals surface area contributed by atoms with E-state index in [4.69, 9.17) is 4.74 Å². The van der Waals surface area contributed by atoms with Crippen molar-refractivity contribution in [1.82, 2.24) is 0 Å². The summed E-state index contributed by atoms with van der Waals surface area (Å²) in [7, 11) is -3.68. The average molecular weight is 401 g/mol. The third-order valence-electron chi connectivity index (χ3n) is 3.34. The van der Waals surface area contributed by atoms with Gasteiger partial charge in [0.15, 0.2) is 16.4 Å². The summed E-state index contributed by atoms with van der Waals surface area (Å²) < 4.78 is 65.6. The number of halogens is 3. The summed E-state index contributed by atoms with van der Waals surface area (Å²) in [5.41, 5.74) is -1.01. The number of alkyl halides is 3. The lowest BCUT2D eigenvalue weighted by molar-refractivity contribution is -0.137. The molecule has 2 aromatic rings. The third-order valence-corrected chi connectivity index (χ3v) is 4.49. The quantitative estimate of drug-likeness (QED) is 0.779. The maximum Gasteiger partial charge on any atom is 0.416 e. The molecule has 0 aliphatic rings. The molecule has 1 N–H and O–H groups in total. The van der Waals surface area contributed by atoms with E-state index in [1.807, 2.05) is 0 Å². The molecule has 2 rings (SSSR count). The highest BCUT2D eigenvalue weighted by molar-refractivity contribution is 7.90. The van der Waals surface area contributed by atoms with Crippen molar-refractivity contribution in [3.05, 3.63) is 59.7 Å². The van der Waals surface area contributed by atoms with E-state index in [0.717, 1.165) is 30.5 Å². The zero-order chi connectivity index (χ0) is 20.2. The van der Waals surface area contributed by atoms with Crippen LogP contribution in [-0.4, -0.2) is 33.2 Å². The van der Waals surface area contributed by atoms with E-state index in [-0.39, 0.29) is 16.1 Å². The largest absolute Gasteiger partial charge is 0.452 e. The van der Waals surface area contributed by atoms with E-state index >= 15 is 0 Å². The summed E-state index contributed by atoms with van der Waals surface area (Å²) >= 11 is 0. The highest BCUT2D eigenvalue weighted by Crippen LogP contribution is 2.29. The van der Waals surface area contributed by atoms with E-state index in [0.29, 0.717) is 0 Å². The Hall–Kier alpha value is -2.88. The summed E-state index contributed by atoms with van der Waals surface area (Å²) in [4.78, 5) is 23.6. The first-order chi connectivity index (χ1) is 12.5. The van der Waals surface area contributed by atoms with Crippen molar-refractivity contribution in [2.75, 3.05) is 18.2 Å². The zero-order valence-corrected chi connectivity index (χ0v) is 14.7. The molecule has 27 heavy (non-hydrogen) atoms. The van der Waals surface area contributed by atoms with Gasteiger partial charge in [0.25, 0.3) is 5.91 Å². The number of benzene rings is 2. The Bertz CT molecular complexity index is 953. The van der Waals surface area contributed by atoms with Crippen molar-refractivity contribution in [2.45, 2.75) is 11.1 Å². The van der Waals surface area contributed by atoms with E-state index in [9.17, 15) is 31.2 Å². The van der Waals surface area contributed by atoms with Crippen LogP contribution in [0.25, 0.3) is 0 Å². The molecule has 0 saturated heterocycles. The minimum atomic E-state index is -4.49. The monoisotopic (exact) mass is 401 g/mol. The molecule has 2 aromatic carbocycles. The fraction of sp³-hybridized carbons (Fsp3) is 0.176. The van der Waals surface area contributed by atoms with Crippen molar-refractivity contribution < 1.29 is 35.9 Å². The third kappa shape index (κ3) is 5.55. The highest BCUT2D eigenvalue weighted by Gasteiger charge is 2.30. The molecular weight excluding hydrogens is 387 g/mol. The molecule has 10 heteroatoms. The number of carbonyl (C=O) groups is 2. The van der Waals surface area contributed by atoms with Crippen LogP contribution in [0.2, 0.25) is 0 Å². The Morgan fingerprint density at radius 3 is 2.19 bits per heavy atom. The molecule has 0 aromatic heterocycles. The van der Waals surface area contributed by atoms with Crippen LogP contribution in [0.1, 0.15) is 15.9 Å². The minimum Gasteiger partial charge on any atom is -0.452 e. The molecule has 0 fully saturated rings. The number of nitrogens with one attached hydrogen (secondary N) is 1. The van der Waals surface area contributed by atoms with Gasteiger partial charge in [0, 0.05) is 11.9 Å². The van der Waals surface area contributed by atoms with Gasteiger partial charge in [0.1, 0.15) is 0 Å². The second kappa shape index (κ2) is 7.78. The van der Waals surface area contributed by atoms with Crippen LogP contribution in [0.5, 0.6) is 0 Å². The standard InChI is InChI=1S/C17H14F3NO5S/c1-27(24,25)14-5-3-2-4-13(14)16(23)26-10-15(22)21-12-8-6-11(7-9-12)17(18,19)20/h2-9H,10H2,1H3,(H,21,22). The molecule has 144 valence electrons. The van der Waals surface area contributed by atoms with Gasteiger partial charge in [-0.3, -0.25) is 4.79 Å². The molecule has 0 atom stereocenters. The SMILES string of the molecule is CS(=O)(=O)c1ccccc1C(=O)OCC(=O)Nc1ccc(C(F)(F)F)cc1. The average Bonchev–Trinajstić information content (AvgIpc) is 2.58. The first kappa shape index (κ1) is 20.4. The van der Waals surface area contributed by atoms with Gasteiger partial charge in [0.05, 0.1) is 16.0 Å². The van der Waals surface area contributed by atoms with Gasteiger partial charge in [-0.05, 0) is 36.4 Å². The van der Waals surface area contributed by atoms with E-state index < -0.39 is 40.1 Å². The lowest BCUT2D eigenvalue weighted by Gasteiger charge is -2.10. The van der Waals surface area contributed by atoms with Crippen LogP contribution in [0, 0.1) is 0 Å². The maximum absolute atomic E-state index is 12.5. The van der Waals surface area contributed by atoms with E-state index in [2.05, 4.69) is 5.32 Å². The number of rotatable bonds is 5. The number of sulfone groups is 1. The summed E-state index contributed by atoms with van der Waals surface area (Å²) in [5.74, 6) is -1.81. The molecule has 6 nitrogen and oxygen atoms in total. The Labute approximate surface area is 152 Å². The molecule has 0 spiro atoms. The van der Waals surface area contributed by atoms with Crippen LogP contribution >= 0.6 is 0 Å². The lowest BCUT2D eigenvalue weighted by atomic mass is 10.2. The van der Waals surface area contributed by atoms with Gasteiger partial charge < -0.3 is 10.1 Å². The lowest BCUT2D eigenvalue weighted by Crippen LogP contribution is -2.21.